The van der Waals surface area contributed by atoms with Gasteiger partial charge in [-0.3, -0.25) is 9.10 Å². The number of amides is 1. The monoisotopic (exact) mass is 436 g/mol. The van der Waals surface area contributed by atoms with Crippen LogP contribution in [-0.2, 0) is 21.4 Å². The number of methoxy groups -OCH3 is 3. The van der Waals surface area contributed by atoms with Gasteiger partial charge in [-0.25, -0.2) is 8.42 Å². The Bertz CT molecular complexity index is 1020. The molecule has 0 saturated carbocycles. The molecule has 0 aromatic heterocycles. The maximum Gasteiger partial charge on any atom is 0.241 e. The van der Waals surface area contributed by atoms with Crippen LogP contribution in [0.4, 0.5) is 5.69 Å². The predicted molar refractivity (Wildman–Crippen MR) is 116 cm³/mol. The number of carbonyl (C=O) groups is 1. The van der Waals surface area contributed by atoms with Gasteiger partial charge in [0.2, 0.25) is 21.7 Å². The van der Waals surface area contributed by atoms with Gasteiger partial charge in [0.25, 0.3) is 0 Å². The Morgan fingerprint density at radius 3 is 2.20 bits per heavy atom. The average molecular weight is 437 g/mol. The van der Waals surface area contributed by atoms with Crippen molar-refractivity contribution >= 4 is 21.6 Å². The summed E-state index contributed by atoms with van der Waals surface area (Å²) in [5.41, 5.74) is 2.92. The summed E-state index contributed by atoms with van der Waals surface area (Å²) in [6, 6.07) is 8.85. The van der Waals surface area contributed by atoms with Crippen molar-refractivity contribution in [1.29, 1.82) is 0 Å². The molecule has 0 aliphatic carbocycles. The van der Waals surface area contributed by atoms with Gasteiger partial charge in [-0.15, -0.1) is 0 Å². The Balaban J connectivity index is 2.21. The van der Waals surface area contributed by atoms with Crippen molar-refractivity contribution in [1.82, 2.24) is 5.32 Å². The van der Waals surface area contributed by atoms with E-state index in [1.54, 1.807) is 18.2 Å². The Hall–Kier alpha value is -2.94. The summed E-state index contributed by atoms with van der Waals surface area (Å²) < 4.78 is 41.8. The van der Waals surface area contributed by atoms with E-state index in [9.17, 15) is 13.2 Å². The zero-order valence-electron chi connectivity index (χ0n) is 18.1. The summed E-state index contributed by atoms with van der Waals surface area (Å²) in [6.45, 7) is 3.53. The Morgan fingerprint density at radius 1 is 1.00 bits per heavy atom. The Morgan fingerprint density at radius 2 is 1.67 bits per heavy atom. The van der Waals surface area contributed by atoms with Crippen molar-refractivity contribution in [2.45, 2.75) is 20.4 Å². The Kier molecular flexibility index (Phi) is 7.55. The molecule has 0 aliphatic rings. The molecule has 1 amide bonds. The Labute approximate surface area is 177 Å². The lowest BCUT2D eigenvalue weighted by molar-refractivity contribution is -0.119. The number of hydrogen-bond donors (Lipinski definition) is 1. The van der Waals surface area contributed by atoms with Crippen molar-refractivity contribution in [3.8, 4) is 17.2 Å². The van der Waals surface area contributed by atoms with E-state index in [4.69, 9.17) is 14.2 Å². The van der Waals surface area contributed by atoms with E-state index in [1.165, 1.54) is 21.3 Å². The number of anilines is 1. The molecule has 2 aromatic carbocycles. The predicted octanol–water partition coefficient (Wildman–Crippen LogP) is 2.41. The molecule has 8 nitrogen and oxygen atoms in total. The number of sulfonamides is 1. The van der Waals surface area contributed by atoms with Gasteiger partial charge >= 0.3 is 0 Å². The normalized spacial score (nSPS) is 11.0. The minimum absolute atomic E-state index is 0.132. The zero-order chi connectivity index (χ0) is 22.5. The number of hydrogen-bond acceptors (Lipinski definition) is 6. The van der Waals surface area contributed by atoms with Crippen LogP contribution in [0, 0.1) is 13.8 Å². The van der Waals surface area contributed by atoms with E-state index in [1.807, 2.05) is 26.0 Å². The lowest BCUT2D eigenvalue weighted by Crippen LogP contribution is -2.40. The van der Waals surface area contributed by atoms with Crippen LogP contribution in [0.2, 0.25) is 0 Å². The summed E-state index contributed by atoms with van der Waals surface area (Å²) in [4.78, 5) is 12.6. The van der Waals surface area contributed by atoms with Gasteiger partial charge in [-0.05, 0) is 37.6 Å². The van der Waals surface area contributed by atoms with E-state index < -0.39 is 15.9 Å². The van der Waals surface area contributed by atoms with Gasteiger partial charge < -0.3 is 19.5 Å². The molecule has 1 N–H and O–H groups in total. The van der Waals surface area contributed by atoms with Crippen molar-refractivity contribution in [3.63, 3.8) is 0 Å². The minimum atomic E-state index is -3.65. The van der Waals surface area contributed by atoms with Crippen LogP contribution in [0.15, 0.2) is 30.3 Å². The molecule has 2 rings (SSSR count). The molecule has 0 fully saturated rings. The number of nitrogens with one attached hydrogen (secondary N) is 1. The second-order valence-corrected chi connectivity index (χ2v) is 8.74. The third-order valence-corrected chi connectivity index (χ3v) is 5.70. The fraction of sp³-hybridized carbons (Fsp3) is 0.381. The van der Waals surface area contributed by atoms with Gasteiger partial charge in [0, 0.05) is 12.1 Å². The summed E-state index contributed by atoms with van der Waals surface area (Å²) in [5, 5.41) is 2.74. The van der Waals surface area contributed by atoms with E-state index in [-0.39, 0.29) is 13.1 Å². The lowest BCUT2D eigenvalue weighted by Gasteiger charge is -2.24. The molecule has 0 aliphatic heterocycles. The highest BCUT2D eigenvalue weighted by Crippen LogP contribution is 2.39. The number of benzene rings is 2. The first-order valence-electron chi connectivity index (χ1n) is 9.21. The second kappa shape index (κ2) is 9.71. The molecule has 0 unspecified atom stereocenters. The number of ether oxygens (including phenoxy) is 3. The highest BCUT2D eigenvalue weighted by molar-refractivity contribution is 7.92. The van der Waals surface area contributed by atoms with Crippen LogP contribution in [0.1, 0.15) is 16.7 Å². The average Bonchev–Trinajstić information content (AvgIpc) is 2.69. The van der Waals surface area contributed by atoms with Gasteiger partial charge in [-0.2, -0.15) is 0 Å². The largest absolute Gasteiger partial charge is 0.493 e. The lowest BCUT2D eigenvalue weighted by atomic mass is 10.1. The summed E-state index contributed by atoms with van der Waals surface area (Å²) in [5.74, 6) is 0.908. The van der Waals surface area contributed by atoms with Crippen LogP contribution in [0.25, 0.3) is 0 Å². The van der Waals surface area contributed by atoms with Gasteiger partial charge in [-0.1, -0.05) is 17.7 Å². The molecule has 9 heteroatoms. The number of rotatable bonds is 9. The third kappa shape index (κ3) is 5.35. The van der Waals surface area contributed by atoms with Crippen molar-refractivity contribution < 1.29 is 27.4 Å². The summed E-state index contributed by atoms with van der Waals surface area (Å²) >= 11 is 0. The summed E-state index contributed by atoms with van der Waals surface area (Å²) in [6.07, 6.45) is 1.08. The highest BCUT2D eigenvalue weighted by Gasteiger charge is 2.23. The molecule has 0 spiro atoms. The fourth-order valence-corrected chi connectivity index (χ4v) is 4.06. The van der Waals surface area contributed by atoms with Crippen molar-refractivity contribution in [2.75, 3.05) is 38.4 Å². The molecular formula is C21H28N2O6S. The second-order valence-electron chi connectivity index (χ2n) is 6.83. The van der Waals surface area contributed by atoms with Crippen LogP contribution >= 0.6 is 0 Å². The van der Waals surface area contributed by atoms with Crippen LogP contribution in [-0.4, -0.2) is 48.5 Å². The molecular weight excluding hydrogens is 408 g/mol. The first-order valence-corrected chi connectivity index (χ1v) is 11.1. The maximum absolute atomic E-state index is 12.6. The third-order valence-electron chi connectivity index (χ3n) is 4.57. The number of nitrogens with zero attached hydrogens (tertiary/aromatic N) is 1. The molecule has 164 valence electrons. The fourth-order valence-electron chi connectivity index (χ4n) is 3.15. The first-order chi connectivity index (χ1) is 14.1. The molecule has 0 saturated heterocycles. The van der Waals surface area contributed by atoms with Gasteiger partial charge in [0.15, 0.2) is 11.5 Å². The molecule has 0 bridgehead atoms. The molecule has 2 aromatic rings. The van der Waals surface area contributed by atoms with E-state index in [2.05, 4.69) is 5.32 Å². The van der Waals surface area contributed by atoms with Crippen LogP contribution in [0.5, 0.6) is 17.2 Å². The highest BCUT2D eigenvalue weighted by atomic mass is 32.2. The van der Waals surface area contributed by atoms with Gasteiger partial charge in [0.05, 0.1) is 33.3 Å². The standard InChI is InChI=1S/C21H28N2O6S/c1-14-7-9-17(15(2)11-14)23(30(6,25)26)13-19(24)22-12-16-8-10-18(27-3)21(29-5)20(16)28-4/h7-11H,12-13H2,1-6H3,(H,22,24). The van der Waals surface area contributed by atoms with Crippen LogP contribution in [0.3, 0.4) is 0 Å². The van der Waals surface area contributed by atoms with E-state index >= 15 is 0 Å². The SMILES string of the molecule is COc1ccc(CNC(=O)CN(c2ccc(C)cc2C)S(C)(=O)=O)c(OC)c1OC. The zero-order valence-corrected chi connectivity index (χ0v) is 18.9. The van der Waals surface area contributed by atoms with Crippen molar-refractivity contribution in [3.05, 3.63) is 47.0 Å². The van der Waals surface area contributed by atoms with Crippen molar-refractivity contribution in [2.24, 2.45) is 0 Å². The van der Waals surface area contributed by atoms with Crippen LogP contribution < -0.4 is 23.8 Å². The topological polar surface area (TPSA) is 94.2 Å². The number of carbonyl (C=O) groups excluding carboxylic acids is 1. The molecule has 0 heterocycles. The summed E-state index contributed by atoms with van der Waals surface area (Å²) in [7, 11) is 0.858. The minimum Gasteiger partial charge on any atom is -0.493 e. The quantitative estimate of drug-likeness (QED) is 0.649. The van der Waals surface area contributed by atoms with E-state index in [0.29, 0.717) is 28.5 Å². The first kappa shape index (κ1) is 23.3. The molecule has 0 radical (unpaired) electrons. The van der Waals surface area contributed by atoms with E-state index in [0.717, 1.165) is 21.7 Å². The number of aryl methyl sites for hydroxylation is 2. The molecule has 30 heavy (non-hydrogen) atoms. The molecule has 0 atom stereocenters. The smallest absolute Gasteiger partial charge is 0.241 e. The maximum atomic E-state index is 12.6. The van der Waals surface area contributed by atoms with Gasteiger partial charge in [0.1, 0.15) is 6.54 Å².